The third-order valence-corrected chi connectivity index (χ3v) is 3.30. The van der Waals surface area contributed by atoms with E-state index in [1.165, 1.54) is 0 Å². The molecule has 0 atom stereocenters. The zero-order valence-corrected chi connectivity index (χ0v) is 13.1. The predicted molar refractivity (Wildman–Crippen MR) is 82.3 cm³/mol. The molecule has 7 heteroatoms. The molecule has 1 heterocycles. The van der Waals surface area contributed by atoms with Crippen molar-refractivity contribution in [2.45, 2.75) is 26.8 Å². The SMILES string of the molecule is CCCNCc1nnc(Nc2cc(C)c(Cl)cc2OC)o1. The summed E-state index contributed by atoms with van der Waals surface area (Å²) in [5.41, 5.74) is 1.67. The van der Waals surface area contributed by atoms with Crippen molar-refractivity contribution in [3.8, 4) is 5.75 Å². The second kappa shape index (κ2) is 7.28. The van der Waals surface area contributed by atoms with Crippen LogP contribution in [0.2, 0.25) is 5.02 Å². The van der Waals surface area contributed by atoms with Crippen LogP contribution in [0.3, 0.4) is 0 Å². The summed E-state index contributed by atoms with van der Waals surface area (Å²) >= 11 is 6.08. The summed E-state index contributed by atoms with van der Waals surface area (Å²) in [5, 5.41) is 14.8. The van der Waals surface area contributed by atoms with Crippen molar-refractivity contribution >= 4 is 23.3 Å². The van der Waals surface area contributed by atoms with E-state index in [0.717, 1.165) is 24.2 Å². The van der Waals surface area contributed by atoms with Crippen molar-refractivity contribution in [1.82, 2.24) is 15.5 Å². The first kappa shape index (κ1) is 15.6. The molecule has 6 nitrogen and oxygen atoms in total. The summed E-state index contributed by atoms with van der Waals surface area (Å²) in [6, 6.07) is 3.95. The van der Waals surface area contributed by atoms with Crippen LogP contribution in [0.15, 0.2) is 16.5 Å². The number of aryl methyl sites for hydroxylation is 1. The molecule has 0 spiro atoms. The predicted octanol–water partition coefficient (Wildman–Crippen LogP) is 3.28. The van der Waals surface area contributed by atoms with E-state index in [9.17, 15) is 0 Å². The van der Waals surface area contributed by atoms with Gasteiger partial charge in [0.05, 0.1) is 19.3 Å². The average Bonchev–Trinajstić information content (AvgIpc) is 2.90. The minimum atomic E-state index is 0.323. The number of nitrogens with one attached hydrogen (secondary N) is 2. The van der Waals surface area contributed by atoms with Gasteiger partial charge in [-0.05, 0) is 31.5 Å². The lowest BCUT2D eigenvalue weighted by molar-refractivity contribution is 0.416. The average molecular weight is 311 g/mol. The van der Waals surface area contributed by atoms with Gasteiger partial charge in [0.1, 0.15) is 5.75 Å². The highest BCUT2D eigenvalue weighted by atomic mass is 35.5. The number of aromatic nitrogens is 2. The van der Waals surface area contributed by atoms with E-state index in [2.05, 4.69) is 27.8 Å². The fraction of sp³-hybridized carbons (Fsp3) is 0.429. The van der Waals surface area contributed by atoms with E-state index >= 15 is 0 Å². The van der Waals surface area contributed by atoms with Crippen molar-refractivity contribution in [2.75, 3.05) is 19.0 Å². The Labute approximate surface area is 128 Å². The van der Waals surface area contributed by atoms with Crippen LogP contribution in [0.4, 0.5) is 11.7 Å². The van der Waals surface area contributed by atoms with Gasteiger partial charge in [0.2, 0.25) is 5.89 Å². The molecule has 0 aliphatic heterocycles. The molecule has 0 radical (unpaired) electrons. The van der Waals surface area contributed by atoms with E-state index in [1.54, 1.807) is 13.2 Å². The Morgan fingerprint density at radius 1 is 1.33 bits per heavy atom. The molecule has 0 fully saturated rings. The van der Waals surface area contributed by atoms with Gasteiger partial charge in [-0.15, -0.1) is 5.10 Å². The molecular weight excluding hydrogens is 292 g/mol. The minimum absolute atomic E-state index is 0.323. The molecule has 114 valence electrons. The van der Waals surface area contributed by atoms with Crippen LogP contribution < -0.4 is 15.4 Å². The zero-order valence-electron chi connectivity index (χ0n) is 12.4. The van der Waals surface area contributed by atoms with Crippen LogP contribution >= 0.6 is 11.6 Å². The van der Waals surface area contributed by atoms with Crippen molar-refractivity contribution < 1.29 is 9.15 Å². The Balaban J connectivity index is 2.09. The molecule has 1 aromatic heterocycles. The Hall–Kier alpha value is -1.79. The molecule has 0 bridgehead atoms. The molecule has 0 aliphatic rings. The molecule has 0 saturated carbocycles. The van der Waals surface area contributed by atoms with Gasteiger partial charge in [-0.2, -0.15) is 0 Å². The quantitative estimate of drug-likeness (QED) is 0.765. The maximum absolute atomic E-state index is 6.08. The van der Waals surface area contributed by atoms with Crippen molar-refractivity contribution in [1.29, 1.82) is 0 Å². The summed E-state index contributed by atoms with van der Waals surface area (Å²) in [7, 11) is 1.58. The van der Waals surface area contributed by atoms with Crippen molar-refractivity contribution in [2.24, 2.45) is 0 Å². The van der Waals surface area contributed by atoms with Crippen LogP contribution in [0, 0.1) is 6.92 Å². The molecule has 0 aliphatic carbocycles. The largest absolute Gasteiger partial charge is 0.495 e. The highest BCUT2D eigenvalue weighted by Gasteiger charge is 2.11. The van der Waals surface area contributed by atoms with Gasteiger partial charge in [0.15, 0.2) is 0 Å². The molecule has 2 N–H and O–H groups in total. The van der Waals surface area contributed by atoms with Crippen LogP contribution in [-0.2, 0) is 6.54 Å². The first-order valence-corrected chi connectivity index (χ1v) is 7.16. The Morgan fingerprint density at radius 3 is 2.86 bits per heavy atom. The first-order valence-electron chi connectivity index (χ1n) is 6.78. The number of ether oxygens (including phenoxy) is 1. The van der Waals surface area contributed by atoms with Crippen molar-refractivity contribution in [3.63, 3.8) is 0 Å². The molecule has 0 saturated heterocycles. The first-order chi connectivity index (χ1) is 10.1. The van der Waals surface area contributed by atoms with E-state index in [4.69, 9.17) is 20.8 Å². The zero-order chi connectivity index (χ0) is 15.2. The van der Waals surface area contributed by atoms with Crippen LogP contribution in [-0.4, -0.2) is 23.9 Å². The number of benzene rings is 1. The van der Waals surface area contributed by atoms with E-state index in [0.29, 0.717) is 29.2 Å². The Kier molecular flexibility index (Phi) is 5.41. The monoisotopic (exact) mass is 310 g/mol. The molecule has 21 heavy (non-hydrogen) atoms. The standard InChI is InChI=1S/C14H19ClN4O2/c1-4-5-16-8-13-18-19-14(21-13)17-11-6-9(2)10(15)7-12(11)20-3/h6-7,16H,4-5,8H2,1-3H3,(H,17,19). The van der Waals surface area contributed by atoms with Crippen LogP contribution in [0.25, 0.3) is 0 Å². The van der Waals surface area contributed by atoms with Gasteiger partial charge in [-0.25, -0.2) is 0 Å². The van der Waals surface area contributed by atoms with Gasteiger partial charge in [-0.3, -0.25) is 0 Å². The number of hydrogen-bond donors (Lipinski definition) is 2. The molecule has 0 unspecified atom stereocenters. The lowest BCUT2D eigenvalue weighted by Gasteiger charge is -2.10. The van der Waals surface area contributed by atoms with E-state index < -0.39 is 0 Å². The Morgan fingerprint density at radius 2 is 2.14 bits per heavy atom. The number of halogens is 1. The summed E-state index contributed by atoms with van der Waals surface area (Å²) in [4.78, 5) is 0. The molecule has 2 rings (SSSR count). The maximum Gasteiger partial charge on any atom is 0.320 e. The summed E-state index contributed by atoms with van der Waals surface area (Å²) in [6.07, 6.45) is 1.06. The van der Waals surface area contributed by atoms with Gasteiger partial charge < -0.3 is 19.8 Å². The summed E-state index contributed by atoms with van der Waals surface area (Å²) in [5.74, 6) is 1.16. The number of nitrogens with zero attached hydrogens (tertiary/aromatic N) is 2. The second-order valence-electron chi connectivity index (χ2n) is 4.60. The van der Waals surface area contributed by atoms with Gasteiger partial charge in [0.25, 0.3) is 0 Å². The van der Waals surface area contributed by atoms with Gasteiger partial charge in [0, 0.05) is 11.1 Å². The lowest BCUT2D eigenvalue weighted by atomic mass is 10.2. The van der Waals surface area contributed by atoms with Gasteiger partial charge in [-0.1, -0.05) is 23.6 Å². The fourth-order valence-corrected chi connectivity index (χ4v) is 1.95. The van der Waals surface area contributed by atoms with Crippen LogP contribution in [0.5, 0.6) is 5.75 Å². The number of methoxy groups -OCH3 is 1. The van der Waals surface area contributed by atoms with E-state index in [1.807, 2.05) is 13.0 Å². The third-order valence-electron chi connectivity index (χ3n) is 2.89. The molecule has 2 aromatic rings. The minimum Gasteiger partial charge on any atom is -0.495 e. The van der Waals surface area contributed by atoms with Gasteiger partial charge >= 0.3 is 6.01 Å². The highest BCUT2D eigenvalue weighted by molar-refractivity contribution is 6.31. The van der Waals surface area contributed by atoms with Crippen LogP contribution in [0.1, 0.15) is 24.8 Å². The fourth-order valence-electron chi connectivity index (χ4n) is 1.79. The topological polar surface area (TPSA) is 72.2 Å². The number of hydrogen-bond acceptors (Lipinski definition) is 6. The highest BCUT2D eigenvalue weighted by Crippen LogP contribution is 2.32. The smallest absolute Gasteiger partial charge is 0.320 e. The number of rotatable bonds is 7. The van der Waals surface area contributed by atoms with E-state index in [-0.39, 0.29) is 0 Å². The lowest BCUT2D eigenvalue weighted by Crippen LogP contribution is -2.13. The number of anilines is 2. The third kappa shape index (κ3) is 4.09. The van der Waals surface area contributed by atoms with Crippen molar-refractivity contribution in [3.05, 3.63) is 28.6 Å². The molecule has 1 aromatic carbocycles. The second-order valence-corrected chi connectivity index (χ2v) is 5.01. The molecule has 0 amide bonds. The summed E-state index contributed by atoms with van der Waals surface area (Å²) < 4.78 is 10.8. The maximum atomic E-state index is 6.08. The summed E-state index contributed by atoms with van der Waals surface area (Å²) in [6.45, 7) is 5.48. The molecular formula is C14H19ClN4O2. The normalized spacial score (nSPS) is 10.7. The Bertz CT molecular complexity index is 601.